The fourth-order valence-electron chi connectivity index (χ4n) is 3.69. The Bertz CT molecular complexity index is 588. The van der Waals surface area contributed by atoms with E-state index in [4.69, 9.17) is 0 Å². The van der Waals surface area contributed by atoms with Crippen molar-refractivity contribution in [3.63, 3.8) is 0 Å². The standard InChI is InChI=1S/C14H18N4/c1-9-3-2-6-18-13(9)16-14(17-18)15-12-8-10-4-5-11(12)7-10/h2-3,6,10-12H,4-5,7-8H2,1H3,(H,15,17). The highest BCUT2D eigenvalue weighted by Crippen LogP contribution is 2.45. The molecule has 4 rings (SSSR count). The summed E-state index contributed by atoms with van der Waals surface area (Å²) >= 11 is 0. The monoisotopic (exact) mass is 242 g/mol. The van der Waals surface area contributed by atoms with E-state index < -0.39 is 0 Å². The predicted molar refractivity (Wildman–Crippen MR) is 70.6 cm³/mol. The Hall–Kier alpha value is -1.58. The summed E-state index contributed by atoms with van der Waals surface area (Å²) in [5, 5.41) is 8.06. The van der Waals surface area contributed by atoms with Gasteiger partial charge in [0.1, 0.15) is 0 Å². The number of aromatic nitrogens is 3. The maximum absolute atomic E-state index is 4.60. The zero-order valence-corrected chi connectivity index (χ0v) is 10.6. The van der Waals surface area contributed by atoms with Crippen LogP contribution in [0.15, 0.2) is 18.3 Å². The fraction of sp³-hybridized carbons (Fsp3) is 0.571. The molecule has 2 fully saturated rings. The van der Waals surface area contributed by atoms with Crippen molar-refractivity contribution in [3.05, 3.63) is 23.9 Å². The van der Waals surface area contributed by atoms with Crippen molar-refractivity contribution in [2.75, 3.05) is 5.32 Å². The Morgan fingerprint density at radius 2 is 2.28 bits per heavy atom. The molecule has 0 aromatic carbocycles. The second kappa shape index (κ2) is 3.70. The molecule has 2 aliphatic rings. The number of aryl methyl sites for hydroxylation is 1. The first-order chi connectivity index (χ1) is 8.79. The van der Waals surface area contributed by atoms with E-state index in [9.17, 15) is 0 Å². The van der Waals surface area contributed by atoms with Gasteiger partial charge in [0.25, 0.3) is 0 Å². The van der Waals surface area contributed by atoms with Crippen molar-refractivity contribution >= 4 is 11.6 Å². The van der Waals surface area contributed by atoms with Gasteiger partial charge in [0.05, 0.1) is 0 Å². The van der Waals surface area contributed by atoms with E-state index in [2.05, 4.69) is 28.4 Å². The first kappa shape index (κ1) is 10.4. The zero-order chi connectivity index (χ0) is 12.1. The van der Waals surface area contributed by atoms with Crippen molar-refractivity contribution in [1.82, 2.24) is 14.6 Å². The zero-order valence-electron chi connectivity index (χ0n) is 10.6. The lowest BCUT2D eigenvalue weighted by molar-refractivity contribution is 0.438. The summed E-state index contributed by atoms with van der Waals surface area (Å²) < 4.78 is 1.87. The highest BCUT2D eigenvalue weighted by molar-refractivity contribution is 5.50. The fourth-order valence-corrected chi connectivity index (χ4v) is 3.69. The number of hydrogen-bond acceptors (Lipinski definition) is 3. The van der Waals surface area contributed by atoms with Gasteiger partial charge in [-0.3, -0.25) is 0 Å². The van der Waals surface area contributed by atoms with Crippen LogP contribution in [-0.4, -0.2) is 20.6 Å². The molecule has 2 bridgehead atoms. The molecule has 18 heavy (non-hydrogen) atoms. The average Bonchev–Trinajstić information content (AvgIpc) is 3.03. The van der Waals surface area contributed by atoms with Gasteiger partial charge in [-0.2, -0.15) is 4.98 Å². The Morgan fingerprint density at radius 3 is 3.00 bits per heavy atom. The largest absolute Gasteiger partial charge is 0.350 e. The molecule has 0 amide bonds. The molecule has 0 saturated heterocycles. The van der Waals surface area contributed by atoms with Gasteiger partial charge in [0.15, 0.2) is 5.65 Å². The van der Waals surface area contributed by atoms with Gasteiger partial charge in [-0.25, -0.2) is 4.52 Å². The maximum Gasteiger partial charge on any atom is 0.243 e. The molecule has 4 nitrogen and oxygen atoms in total. The smallest absolute Gasteiger partial charge is 0.243 e. The number of hydrogen-bond donors (Lipinski definition) is 1. The molecule has 2 saturated carbocycles. The summed E-state index contributed by atoms with van der Waals surface area (Å²) in [6.07, 6.45) is 7.49. The number of pyridine rings is 1. The van der Waals surface area contributed by atoms with Crippen LogP contribution >= 0.6 is 0 Å². The SMILES string of the molecule is Cc1cccn2nc(NC3CC4CCC3C4)nc12. The van der Waals surface area contributed by atoms with E-state index in [1.165, 1.54) is 31.2 Å². The molecule has 94 valence electrons. The summed E-state index contributed by atoms with van der Waals surface area (Å²) in [6.45, 7) is 2.07. The van der Waals surface area contributed by atoms with Crippen LogP contribution in [0.25, 0.3) is 5.65 Å². The van der Waals surface area contributed by atoms with E-state index in [0.717, 1.165) is 23.4 Å². The van der Waals surface area contributed by atoms with Gasteiger partial charge in [-0.05, 0) is 49.7 Å². The Morgan fingerprint density at radius 1 is 1.33 bits per heavy atom. The van der Waals surface area contributed by atoms with Crippen LogP contribution in [-0.2, 0) is 0 Å². The molecule has 0 radical (unpaired) electrons. The van der Waals surface area contributed by atoms with Crippen LogP contribution in [0.2, 0.25) is 0 Å². The minimum Gasteiger partial charge on any atom is -0.350 e. The van der Waals surface area contributed by atoms with Crippen LogP contribution in [0.5, 0.6) is 0 Å². The van der Waals surface area contributed by atoms with Crippen LogP contribution in [0.3, 0.4) is 0 Å². The minimum atomic E-state index is 0.599. The van der Waals surface area contributed by atoms with E-state index in [1.807, 2.05) is 16.8 Å². The first-order valence-corrected chi connectivity index (χ1v) is 6.88. The van der Waals surface area contributed by atoms with E-state index in [0.29, 0.717) is 6.04 Å². The number of rotatable bonds is 2. The normalized spacial score (nSPS) is 30.2. The van der Waals surface area contributed by atoms with Gasteiger partial charge < -0.3 is 5.32 Å². The summed E-state index contributed by atoms with van der Waals surface area (Å²) in [5.74, 6) is 2.59. The lowest BCUT2D eigenvalue weighted by Gasteiger charge is -2.21. The van der Waals surface area contributed by atoms with Crippen LogP contribution in [0, 0.1) is 18.8 Å². The third-order valence-electron chi connectivity index (χ3n) is 4.61. The molecular weight excluding hydrogens is 224 g/mol. The molecule has 2 aromatic rings. The van der Waals surface area contributed by atoms with Gasteiger partial charge in [0, 0.05) is 12.2 Å². The van der Waals surface area contributed by atoms with Crippen molar-refractivity contribution in [1.29, 1.82) is 0 Å². The highest BCUT2D eigenvalue weighted by atomic mass is 15.3. The lowest BCUT2D eigenvalue weighted by Crippen LogP contribution is -2.26. The van der Waals surface area contributed by atoms with Gasteiger partial charge in [0.2, 0.25) is 5.95 Å². The van der Waals surface area contributed by atoms with Crippen molar-refractivity contribution in [2.45, 2.75) is 38.6 Å². The van der Waals surface area contributed by atoms with E-state index in [-0.39, 0.29) is 0 Å². The molecule has 4 heteroatoms. The van der Waals surface area contributed by atoms with Crippen LogP contribution in [0.1, 0.15) is 31.2 Å². The first-order valence-electron chi connectivity index (χ1n) is 6.88. The number of nitrogens with one attached hydrogen (secondary N) is 1. The van der Waals surface area contributed by atoms with Gasteiger partial charge >= 0.3 is 0 Å². The Labute approximate surface area is 106 Å². The number of nitrogens with zero attached hydrogens (tertiary/aromatic N) is 3. The minimum absolute atomic E-state index is 0.599. The summed E-state index contributed by atoms with van der Waals surface area (Å²) in [5.41, 5.74) is 2.13. The molecule has 2 aliphatic carbocycles. The van der Waals surface area contributed by atoms with E-state index in [1.54, 1.807) is 0 Å². The number of fused-ring (bicyclic) bond motifs is 3. The molecule has 2 heterocycles. The molecule has 1 N–H and O–H groups in total. The third-order valence-corrected chi connectivity index (χ3v) is 4.61. The second-order valence-electron chi connectivity index (χ2n) is 5.82. The quantitative estimate of drug-likeness (QED) is 0.880. The topological polar surface area (TPSA) is 42.2 Å². The molecule has 0 spiro atoms. The second-order valence-corrected chi connectivity index (χ2v) is 5.82. The summed E-state index contributed by atoms with van der Waals surface area (Å²) in [4.78, 5) is 4.60. The van der Waals surface area contributed by atoms with Crippen LogP contribution in [0.4, 0.5) is 5.95 Å². The molecule has 3 unspecified atom stereocenters. The molecular formula is C14H18N4. The van der Waals surface area contributed by atoms with E-state index >= 15 is 0 Å². The Kier molecular flexibility index (Phi) is 2.13. The average molecular weight is 242 g/mol. The lowest BCUT2D eigenvalue weighted by atomic mass is 9.95. The van der Waals surface area contributed by atoms with Gasteiger partial charge in [-0.15, -0.1) is 5.10 Å². The maximum atomic E-state index is 4.60. The van der Waals surface area contributed by atoms with Crippen molar-refractivity contribution < 1.29 is 0 Å². The Balaban J connectivity index is 1.61. The summed E-state index contributed by atoms with van der Waals surface area (Å²) in [6, 6.07) is 4.69. The molecule has 2 aromatic heterocycles. The number of anilines is 1. The molecule has 0 aliphatic heterocycles. The van der Waals surface area contributed by atoms with Crippen LogP contribution < -0.4 is 5.32 Å². The van der Waals surface area contributed by atoms with Gasteiger partial charge in [-0.1, -0.05) is 12.5 Å². The van der Waals surface area contributed by atoms with Crippen molar-refractivity contribution in [2.24, 2.45) is 11.8 Å². The predicted octanol–water partition coefficient (Wildman–Crippen LogP) is 2.64. The summed E-state index contributed by atoms with van der Waals surface area (Å²) in [7, 11) is 0. The van der Waals surface area contributed by atoms with Crippen molar-refractivity contribution in [3.8, 4) is 0 Å². The third kappa shape index (κ3) is 1.51. The molecule has 3 atom stereocenters. The highest BCUT2D eigenvalue weighted by Gasteiger charge is 2.39.